The molecule has 2 aromatic carbocycles. The highest BCUT2D eigenvalue weighted by Crippen LogP contribution is 2.37. The van der Waals surface area contributed by atoms with Crippen LogP contribution in [-0.4, -0.2) is 11.7 Å². The second kappa shape index (κ2) is 5.24. The van der Waals surface area contributed by atoms with Gasteiger partial charge in [-0.2, -0.15) is 0 Å². The minimum Gasteiger partial charge on any atom is -0.299 e. The molecule has 1 amide bonds. The Labute approximate surface area is 133 Å². The summed E-state index contributed by atoms with van der Waals surface area (Å²) >= 11 is 9.03. The summed E-state index contributed by atoms with van der Waals surface area (Å²) in [4.78, 5) is 25.4. The quantitative estimate of drug-likeness (QED) is 0.752. The van der Waals surface area contributed by atoms with E-state index < -0.39 is 17.5 Å². The molecule has 3 rings (SSSR count). The predicted octanol–water partition coefficient (Wildman–Crippen LogP) is 3.97. The van der Waals surface area contributed by atoms with Crippen molar-refractivity contribution in [1.29, 1.82) is 0 Å². The average molecular weight is 369 g/mol. The maximum absolute atomic E-state index is 13.4. The molecule has 0 aromatic heterocycles. The van der Waals surface area contributed by atoms with E-state index in [1.165, 1.54) is 11.0 Å². The molecule has 0 unspecified atom stereocenters. The van der Waals surface area contributed by atoms with Crippen LogP contribution in [-0.2, 0) is 11.3 Å². The number of rotatable bonds is 2. The molecule has 0 bridgehead atoms. The van der Waals surface area contributed by atoms with Gasteiger partial charge in [-0.1, -0.05) is 23.7 Å². The Morgan fingerprint density at radius 2 is 1.81 bits per heavy atom. The molecule has 0 atom stereocenters. The molecule has 3 nitrogen and oxygen atoms in total. The Morgan fingerprint density at radius 3 is 2.48 bits per heavy atom. The molecular weight excluding hydrogens is 361 g/mol. The van der Waals surface area contributed by atoms with Crippen LogP contribution in [0.5, 0.6) is 0 Å². The van der Waals surface area contributed by atoms with Crippen LogP contribution in [0.4, 0.5) is 10.1 Å². The monoisotopic (exact) mass is 367 g/mol. The van der Waals surface area contributed by atoms with Gasteiger partial charge in [0, 0.05) is 9.50 Å². The van der Waals surface area contributed by atoms with Gasteiger partial charge in [-0.25, -0.2) is 4.39 Å². The minimum absolute atomic E-state index is 0.0841. The first-order valence-corrected chi connectivity index (χ1v) is 7.24. The summed E-state index contributed by atoms with van der Waals surface area (Å²) in [6.07, 6.45) is 0. The molecule has 0 aliphatic carbocycles. The van der Waals surface area contributed by atoms with Crippen molar-refractivity contribution in [3.63, 3.8) is 0 Å². The third kappa shape index (κ3) is 2.47. The maximum Gasteiger partial charge on any atom is 0.299 e. The number of hydrogen-bond acceptors (Lipinski definition) is 2. The van der Waals surface area contributed by atoms with Gasteiger partial charge >= 0.3 is 0 Å². The molecule has 0 saturated carbocycles. The number of carbonyl (C=O) groups excluding carboxylic acids is 2. The van der Waals surface area contributed by atoms with Crippen molar-refractivity contribution in [3.8, 4) is 0 Å². The smallest absolute Gasteiger partial charge is 0.299 e. The Hall–Kier alpha value is -1.72. The van der Waals surface area contributed by atoms with E-state index in [9.17, 15) is 14.0 Å². The van der Waals surface area contributed by atoms with Crippen molar-refractivity contribution in [3.05, 3.63) is 62.8 Å². The van der Waals surface area contributed by atoms with E-state index in [-0.39, 0.29) is 12.1 Å². The lowest BCUT2D eigenvalue weighted by molar-refractivity contribution is -0.114. The lowest BCUT2D eigenvalue weighted by Crippen LogP contribution is -2.29. The number of hydrogen-bond donors (Lipinski definition) is 0. The van der Waals surface area contributed by atoms with E-state index in [1.807, 2.05) is 0 Å². The third-order valence-corrected chi connectivity index (χ3v) is 4.09. The molecule has 21 heavy (non-hydrogen) atoms. The van der Waals surface area contributed by atoms with Gasteiger partial charge in [0.2, 0.25) is 0 Å². The van der Waals surface area contributed by atoms with E-state index in [4.69, 9.17) is 11.6 Å². The fraction of sp³-hybridized carbons (Fsp3) is 0.0667. The van der Waals surface area contributed by atoms with Crippen LogP contribution in [0.3, 0.4) is 0 Å². The van der Waals surface area contributed by atoms with Gasteiger partial charge in [0.15, 0.2) is 0 Å². The van der Waals surface area contributed by atoms with Gasteiger partial charge in [0.05, 0.1) is 17.8 Å². The van der Waals surface area contributed by atoms with Crippen LogP contribution in [0.2, 0.25) is 5.02 Å². The molecular formula is C15H8BrClFNO2. The van der Waals surface area contributed by atoms with E-state index >= 15 is 0 Å². The number of halogens is 3. The molecule has 0 N–H and O–H groups in total. The average Bonchev–Trinajstić information content (AvgIpc) is 2.67. The van der Waals surface area contributed by atoms with E-state index in [0.29, 0.717) is 15.2 Å². The standard InChI is InChI=1S/C15H8BrClFNO2/c16-12-6-10(18)5-11-13(12)19(15(21)14(11)20)7-8-1-3-9(17)4-2-8/h1-6H,7H2. The summed E-state index contributed by atoms with van der Waals surface area (Å²) in [5, 5.41) is 0.589. The van der Waals surface area contributed by atoms with Crippen molar-refractivity contribution in [2.45, 2.75) is 6.54 Å². The minimum atomic E-state index is -0.695. The first-order chi connectivity index (χ1) is 9.97. The van der Waals surface area contributed by atoms with Gasteiger partial charge < -0.3 is 0 Å². The number of Topliss-reactive ketones (excluding diaryl/α,β-unsaturated/α-hetero) is 1. The number of nitrogens with zero attached hydrogens (tertiary/aromatic N) is 1. The summed E-state index contributed by atoms with van der Waals surface area (Å²) in [6.45, 7) is 0.221. The summed E-state index contributed by atoms with van der Waals surface area (Å²) in [6, 6.07) is 9.28. The van der Waals surface area contributed by atoms with Crippen molar-refractivity contribution in [2.75, 3.05) is 4.90 Å². The zero-order valence-corrected chi connectivity index (χ0v) is 12.9. The first kappa shape index (κ1) is 14.2. The molecule has 0 spiro atoms. The largest absolute Gasteiger partial charge is 0.299 e. The Kier molecular flexibility index (Phi) is 3.55. The second-order valence-electron chi connectivity index (χ2n) is 4.63. The molecule has 0 radical (unpaired) electrons. The molecule has 6 heteroatoms. The van der Waals surface area contributed by atoms with Gasteiger partial charge in [-0.15, -0.1) is 0 Å². The molecule has 0 fully saturated rings. The van der Waals surface area contributed by atoms with E-state index in [2.05, 4.69) is 15.9 Å². The molecule has 1 aliphatic rings. The maximum atomic E-state index is 13.4. The molecule has 0 saturated heterocycles. The lowest BCUT2D eigenvalue weighted by Gasteiger charge is -2.18. The normalized spacial score (nSPS) is 13.8. The lowest BCUT2D eigenvalue weighted by atomic mass is 10.1. The number of amides is 1. The highest BCUT2D eigenvalue weighted by molar-refractivity contribution is 9.10. The number of benzene rings is 2. The topological polar surface area (TPSA) is 37.4 Å². The summed E-state index contributed by atoms with van der Waals surface area (Å²) in [7, 11) is 0. The molecule has 1 aliphatic heterocycles. The van der Waals surface area contributed by atoms with Gasteiger partial charge in [0.25, 0.3) is 11.7 Å². The van der Waals surface area contributed by atoms with Crippen molar-refractivity contribution in [1.82, 2.24) is 0 Å². The van der Waals surface area contributed by atoms with Gasteiger partial charge in [-0.3, -0.25) is 14.5 Å². The third-order valence-electron chi connectivity index (χ3n) is 3.24. The predicted molar refractivity (Wildman–Crippen MR) is 81.1 cm³/mol. The van der Waals surface area contributed by atoms with Crippen LogP contribution in [0.15, 0.2) is 40.9 Å². The highest BCUT2D eigenvalue weighted by atomic mass is 79.9. The zero-order chi connectivity index (χ0) is 15.1. The number of fused-ring (bicyclic) bond motifs is 1. The SMILES string of the molecule is O=C1C(=O)N(Cc2ccc(Cl)cc2)c2c(Br)cc(F)cc21. The van der Waals surface area contributed by atoms with Crippen LogP contribution in [0.1, 0.15) is 15.9 Å². The van der Waals surface area contributed by atoms with E-state index in [1.54, 1.807) is 24.3 Å². The van der Waals surface area contributed by atoms with Crippen LogP contribution in [0.25, 0.3) is 0 Å². The number of carbonyl (C=O) groups is 2. The molecule has 2 aromatic rings. The Balaban J connectivity index is 2.03. The van der Waals surface area contributed by atoms with Crippen LogP contribution < -0.4 is 4.90 Å². The fourth-order valence-corrected chi connectivity index (χ4v) is 3.05. The first-order valence-electron chi connectivity index (χ1n) is 6.07. The van der Waals surface area contributed by atoms with Crippen molar-refractivity contribution in [2.24, 2.45) is 0 Å². The Morgan fingerprint density at radius 1 is 1.14 bits per heavy atom. The second-order valence-corrected chi connectivity index (χ2v) is 5.92. The zero-order valence-electron chi connectivity index (χ0n) is 10.6. The summed E-state index contributed by atoms with van der Waals surface area (Å²) < 4.78 is 13.8. The van der Waals surface area contributed by atoms with Crippen molar-refractivity contribution < 1.29 is 14.0 Å². The Bertz CT molecular complexity index is 761. The van der Waals surface area contributed by atoms with E-state index in [0.717, 1.165) is 11.6 Å². The van der Waals surface area contributed by atoms with Gasteiger partial charge in [-0.05, 0) is 45.8 Å². The highest BCUT2D eigenvalue weighted by Gasteiger charge is 2.37. The van der Waals surface area contributed by atoms with Crippen LogP contribution in [0, 0.1) is 5.82 Å². The van der Waals surface area contributed by atoms with Gasteiger partial charge in [0.1, 0.15) is 5.82 Å². The summed E-state index contributed by atoms with van der Waals surface area (Å²) in [5.41, 5.74) is 1.31. The summed E-state index contributed by atoms with van der Waals surface area (Å²) in [5.74, 6) is -1.92. The molecule has 1 heterocycles. The number of anilines is 1. The fourth-order valence-electron chi connectivity index (χ4n) is 2.28. The van der Waals surface area contributed by atoms with Crippen LogP contribution >= 0.6 is 27.5 Å². The molecule has 106 valence electrons. The van der Waals surface area contributed by atoms with Crippen molar-refractivity contribution >= 4 is 44.9 Å². The number of ketones is 1.